The maximum Gasteiger partial charge on any atom is 0.139 e. The number of rotatable bonds is 2. The highest BCUT2D eigenvalue weighted by Gasteiger charge is 2.12. The van der Waals surface area contributed by atoms with E-state index in [-0.39, 0.29) is 0 Å². The topological polar surface area (TPSA) is 45.5 Å². The predicted molar refractivity (Wildman–Crippen MR) is 83.5 cm³/mol. The third kappa shape index (κ3) is 2.36. The molecule has 4 rings (SSSR count). The molecule has 0 unspecified atom stereocenters. The summed E-state index contributed by atoms with van der Waals surface area (Å²) in [4.78, 5) is 11.5. The summed E-state index contributed by atoms with van der Waals surface area (Å²) in [5.41, 5.74) is 4.02. The normalized spacial score (nSPS) is 15.5. The Morgan fingerprint density at radius 1 is 1.05 bits per heavy atom. The van der Waals surface area contributed by atoms with Crippen molar-refractivity contribution in [3.05, 3.63) is 48.9 Å². The molecule has 1 aliphatic rings. The molecule has 4 heterocycles. The van der Waals surface area contributed by atoms with E-state index in [0.29, 0.717) is 0 Å². The fourth-order valence-electron chi connectivity index (χ4n) is 2.73. The third-order valence-corrected chi connectivity index (χ3v) is 3.85. The Kier molecular flexibility index (Phi) is 3.05. The molecule has 3 aromatic heterocycles. The van der Waals surface area contributed by atoms with Gasteiger partial charge in [0.25, 0.3) is 0 Å². The first-order valence-corrected chi connectivity index (χ1v) is 7.26. The van der Waals surface area contributed by atoms with Crippen LogP contribution in [0.4, 0.5) is 5.69 Å². The summed E-state index contributed by atoms with van der Waals surface area (Å²) >= 11 is 0. The number of hydrogen-bond acceptors (Lipinski definition) is 4. The lowest BCUT2D eigenvalue weighted by Gasteiger charge is -2.29. The molecule has 21 heavy (non-hydrogen) atoms. The SMILES string of the molecule is c1ccc(-c2cn3ccc(N4CCNCC4)cc3n2)nc1. The van der Waals surface area contributed by atoms with E-state index in [1.54, 1.807) is 6.20 Å². The van der Waals surface area contributed by atoms with Gasteiger partial charge in [-0.2, -0.15) is 0 Å². The van der Waals surface area contributed by atoms with E-state index in [1.165, 1.54) is 5.69 Å². The van der Waals surface area contributed by atoms with E-state index >= 15 is 0 Å². The van der Waals surface area contributed by atoms with Gasteiger partial charge in [-0.15, -0.1) is 0 Å². The van der Waals surface area contributed by atoms with Gasteiger partial charge in [-0.25, -0.2) is 4.98 Å². The van der Waals surface area contributed by atoms with Gasteiger partial charge in [0.15, 0.2) is 0 Å². The summed E-state index contributed by atoms with van der Waals surface area (Å²) in [6.45, 7) is 4.17. The fourth-order valence-corrected chi connectivity index (χ4v) is 2.73. The van der Waals surface area contributed by atoms with Crippen molar-refractivity contribution in [2.75, 3.05) is 31.1 Å². The van der Waals surface area contributed by atoms with Crippen molar-refractivity contribution in [1.29, 1.82) is 0 Å². The highest BCUT2D eigenvalue weighted by atomic mass is 15.2. The smallest absolute Gasteiger partial charge is 0.139 e. The highest BCUT2D eigenvalue weighted by Crippen LogP contribution is 2.21. The molecule has 0 aromatic carbocycles. The average molecular weight is 279 g/mol. The summed E-state index contributed by atoms with van der Waals surface area (Å²) in [6, 6.07) is 10.2. The quantitative estimate of drug-likeness (QED) is 0.777. The molecule has 5 nitrogen and oxygen atoms in total. The van der Waals surface area contributed by atoms with Crippen LogP contribution >= 0.6 is 0 Å². The largest absolute Gasteiger partial charge is 0.369 e. The number of nitrogens with one attached hydrogen (secondary N) is 1. The van der Waals surface area contributed by atoms with Crippen LogP contribution in [0.2, 0.25) is 0 Å². The van der Waals surface area contributed by atoms with Crippen molar-refractivity contribution in [3.63, 3.8) is 0 Å². The monoisotopic (exact) mass is 279 g/mol. The average Bonchev–Trinajstić information content (AvgIpc) is 2.99. The minimum atomic E-state index is 0.907. The first kappa shape index (κ1) is 12.3. The molecular formula is C16H17N5. The molecule has 0 amide bonds. The molecule has 3 aromatic rings. The zero-order valence-electron chi connectivity index (χ0n) is 11.7. The molecule has 1 fully saturated rings. The van der Waals surface area contributed by atoms with Gasteiger partial charge in [-0.3, -0.25) is 4.98 Å². The lowest BCUT2D eigenvalue weighted by Crippen LogP contribution is -2.43. The van der Waals surface area contributed by atoms with Gasteiger partial charge >= 0.3 is 0 Å². The van der Waals surface area contributed by atoms with Gasteiger partial charge < -0.3 is 14.6 Å². The Bertz CT molecular complexity index is 744. The van der Waals surface area contributed by atoms with Crippen molar-refractivity contribution in [2.24, 2.45) is 0 Å². The Hall–Kier alpha value is -2.40. The highest BCUT2D eigenvalue weighted by molar-refractivity contribution is 5.63. The molecule has 1 saturated heterocycles. The second-order valence-electron chi connectivity index (χ2n) is 5.23. The zero-order chi connectivity index (χ0) is 14.1. The van der Waals surface area contributed by atoms with E-state index in [1.807, 2.05) is 24.4 Å². The van der Waals surface area contributed by atoms with Crippen LogP contribution in [0.3, 0.4) is 0 Å². The second-order valence-corrected chi connectivity index (χ2v) is 5.23. The van der Waals surface area contributed by atoms with Crippen molar-refractivity contribution in [2.45, 2.75) is 0 Å². The second kappa shape index (κ2) is 5.18. The van der Waals surface area contributed by atoms with Gasteiger partial charge in [0.2, 0.25) is 0 Å². The molecule has 0 aliphatic carbocycles. The van der Waals surface area contributed by atoms with Crippen LogP contribution in [-0.4, -0.2) is 40.5 Å². The maximum atomic E-state index is 4.70. The zero-order valence-corrected chi connectivity index (χ0v) is 11.7. The van der Waals surface area contributed by atoms with Gasteiger partial charge in [-0.1, -0.05) is 6.07 Å². The number of fused-ring (bicyclic) bond motifs is 1. The molecule has 106 valence electrons. The Morgan fingerprint density at radius 3 is 2.76 bits per heavy atom. The van der Waals surface area contributed by atoms with Crippen LogP contribution < -0.4 is 10.2 Å². The van der Waals surface area contributed by atoms with Crippen molar-refractivity contribution in [3.8, 4) is 11.4 Å². The van der Waals surface area contributed by atoms with E-state index < -0.39 is 0 Å². The number of piperazine rings is 1. The minimum Gasteiger partial charge on any atom is -0.369 e. The Balaban J connectivity index is 1.71. The molecule has 5 heteroatoms. The van der Waals surface area contributed by atoms with Gasteiger partial charge in [0.05, 0.1) is 5.69 Å². The van der Waals surface area contributed by atoms with E-state index in [4.69, 9.17) is 4.98 Å². The van der Waals surface area contributed by atoms with Gasteiger partial charge in [0, 0.05) is 56.5 Å². The number of aromatic nitrogens is 3. The summed E-state index contributed by atoms with van der Waals surface area (Å²) in [5.74, 6) is 0. The first-order chi connectivity index (χ1) is 10.4. The van der Waals surface area contributed by atoms with E-state index in [0.717, 1.165) is 43.2 Å². The number of hydrogen-bond donors (Lipinski definition) is 1. The molecule has 0 saturated carbocycles. The van der Waals surface area contributed by atoms with Crippen LogP contribution in [0.25, 0.3) is 17.0 Å². The summed E-state index contributed by atoms with van der Waals surface area (Å²) in [6.07, 6.45) is 5.90. The first-order valence-electron chi connectivity index (χ1n) is 7.26. The van der Waals surface area contributed by atoms with Crippen molar-refractivity contribution < 1.29 is 0 Å². The van der Waals surface area contributed by atoms with Gasteiger partial charge in [-0.05, 0) is 18.2 Å². The van der Waals surface area contributed by atoms with Crippen LogP contribution in [0.5, 0.6) is 0 Å². The van der Waals surface area contributed by atoms with Crippen LogP contribution in [-0.2, 0) is 0 Å². The Morgan fingerprint density at radius 2 is 1.95 bits per heavy atom. The standard InChI is InChI=1S/C16H17N5/c1-2-5-18-14(3-1)15-12-21-8-4-13(11-16(21)19-15)20-9-6-17-7-10-20/h1-5,8,11-12,17H,6-7,9-10H2. The predicted octanol–water partition coefficient (Wildman–Crippen LogP) is 1.81. The van der Waals surface area contributed by atoms with Crippen LogP contribution in [0.15, 0.2) is 48.9 Å². The lowest BCUT2D eigenvalue weighted by atomic mass is 10.3. The summed E-state index contributed by atoms with van der Waals surface area (Å²) in [7, 11) is 0. The molecule has 1 aliphatic heterocycles. The molecule has 1 N–H and O–H groups in total. The van der Waals surface area contributed by atoms with Crippen LogP contribution in [0.1, 0.15) is 0 Å². The van der Waals surface area contributed by atoms with Gasteiger partial charge in [0.1, 0.15) is 11.3 Å². The molecular weight excluding hydrogens is 262 g/mol. The molecule has 0 bridgehead atoms. The molecule has 0 spiro atoms. The summed E-state index contributed by atoms with van der Waals surface area (Å²) < 4.78 is 2.05. The Labute approximate surface area is 123 Å². The van der Waals surface area contributed by atoms with E-state index in [9.17, 15) is 0 Å². The minimum absolute atomic E-state index is 0.907. The van der Waals surface area contributed by atoms with E-state index in [2.05, 4.69) is 37.9 Å². The molecule has 0 radical (unpaired) electrons. The number of anilines is 1. The maximum absolute atomic E-state index is 4.70. The number of nitrogens with zero attached hydrogens (tertiary/aromatic N) is 4. The molecule has 0 atom stereocenters. The summed E-state index contributed by atoms with van der Waals surface area (Å²) in [5, 5.41) is 3.38. The lowest BCUT2D eigenvalue weighted by molar-refractivity contribution is 0.589. The van der Waals surface area contributed by atoms with Crippen molar-refractivity contribution >= 4 is 11.3 Å². The fraction of sp³-hybridized carbons (Fsp3) is 0.250. The third-order valence-electron chi connectivity index (χ3n) is 3.85. The number of imidazole rings is 1. The van der Waals surface area contributed by atoms with Crippen molar-refractivity contribution in [1.82, 2.24) is 19.7 Å². The number of pyridine rings is 2. The van der Waals surface area contributed by atoms with Crippen LogP contribution in [0, 0.1) is 0 Å².